The molecule has 1 unspecified atom stereocenters. The lowest BCUT2D eigenvalue weighted by Crippen LogP contribution is -2.21. The van der Waals surface area contributed by atoms with Gasteiger partial charge in [-0.3, -0.25) is 9.78 Å². The first kappa shape index (κ1) is 24.3. The van der Waals surface area contributed by atoms with Gasteiger partial charge in [-0.1, -0.05) is 23.7 Å². The second kappa shape index (κ2) is 9.26. The van der Waals surface area contributed by atoms with Crippen LogP contribution in [0.25, 0.3) is 22.3 Å². The maximum atomic E-state index is 14.3. The molecule has 14 heteroatoms. The lowest BCUT2D eigenvalue weighted by atomic mass is 10.1. The van der Waals surface area contributed by atoms with Crippen LogP contribution in [0.5, 0.6) is 0 Å². The molecular weight excluding hydrogens is 513 g/mol. The van der Waals surface area contributed by atoms with E-state index < -0.39 is 29.4 Å². The monoisotopic (exact) mass is 528 g/mol. The van der Waals surface area contributed by atoms with E-state index in [1.54, 1.807) is 6.07 Å². The summed E-state index contributed by atoms with van der Waals surface area (Å²) in [7, 11) is 0. The van der Waals surface area contributed by atoms with Gasteiger partial charge >= 0.3 is 6.18 Å². The molecule has 188 valence electrons. The molecule has 1 atom stereocenters. The molecule has 37 heavy (non-hydrogen) atoms. The summed E-state index contributed by atoms with van der Waals surface area (Å²) in [6.07, 6.45) is 0.397. The molecule has 0 aliphatic rings. The zero-order valence-corrected chi connectivity index (χ0v) is 19.6. The number of aromatic nitrogens is 7. The maximum absolute atomic E-state index is 14.3. The second-order valence-electron chi connectivity index (χ2n) is 7.86. The zero-order chi connectivity index (χ0) is 26.3. The van der Waals surface area contributed by atoms with E-state index in [-0.39, 0.29) is 22.2 Å². The normalized spacial score (nSPS) is 12.6. The van der Waals surface area contributed by atoms with Crippen molar-refractivity contribution < 1.29 is 23.1 Å². The Labute approximate surface area is 211 Å². The number of hydrogen-bond acceptors (Lipinski definition) is 7. The van der Waals surface area contributed by atoms with Gasteiger partial charge in [0.15, 0.2) is 11.5 Å². The van der Waals surface area contributed by atoms with Crippen LogP contribution in [0.3, 0.4) is 0 Å². The molecule has 10 nitrogen and oxygen atoms in total. The number of aliphatic hydroxyl groups excluding tert-OH is 1. The molecule has 4 heterocycles. The number of benzene rings is 1. The summed E-state index contributed by atoms with van der Waals surface area (Å²) < 4.78 is 43.4. The van der Waals surface area contributed by atoms with E-state index in [9.17, 15) is 23.1 Å². The quantitative estimate of drug-likeness (QED) is 0.347. The van der Waals surface area contributed by atoms with Crippen molar-refractivity contribution in [3.63, 3.8) is 0 Å². The molecule has 0 saturated heterocycles. The highest BCUT2D eigenvalue weighted by atomic mass is 35.5. The van der Waals surface area contributed by atoms with Crippen LogP contribution in [0.2, 0.25) is 5.02 Å². The van der Waals surface area contributed by atoms with E-state index in [1.165, 1.54) is 56.0 Å². The average Bonchev–Trinajstić information content (AvgIpc) is 3.54. The average molecular weight is 529 g/mol. The summed E-state index contributed by atoms with van der Waals surface area (Å²) in [6.45, 7) is 1.51. The van der Waals surface area contributed by atoms with Crippen LogP contribution >= 0.6 is 11.6 Å². The fraction of sp³-hybridized carbons (Fsp3) is 0.130. The number of pyridine rings is 2. The van der Waals surface area contributed by atoms with E-state index >= 15 is 0 Å². The predicted molar refractivity (Wildman–Crippen MR) is 127 cm³/mol. The molecule has 0 spiro atoms. The highest BCUT2D eigenvalue weighted by Gasteiger charge is 2.41. The fourth-order valence-corrected chi connectivity index (χ4v) is 4.11. The molecule has 0 bridgehead atoms. The Hall–Kier alpha value is -4.36. The van der Waals surface area contributed by atoms with Gasteiger partial charge in [0.1, 0.15) is 0 Å². The Morgan fingerprint density at radius 3 is 2.49 bits per heavy atom. The van der Waals surface area contributed by atoms with Crippen LogP contribution in [0.1, 0.15) is 34.8 Å². The van der Waals surface area contributed by atoms with Crippen LogP contribution in [0.15, 0.2) is 61.3 Å². The van der Waals surface area contributed by atoms with Gasteiger partial charge in [-0.05, 0) is 25.1 Å². The number of nitrogens with zero attached hydrogens (tertiary/aromatic N) is 7. The Morgan fingerprint density at radius 1 is 1.05 bits per heavy atom. The van der Waals surface area contributed by atoms with Gasteiger partial charge in [0.25, 0.3) is 5.91 Å². The molecule has 0 radical (unpaired) electrons. The van der Waals surface area contributed by atoms with Crippen molar-refractivity contribution in [2.75, 3.05) is 5.32 Å². The minimum absolute atomic E-state index is 0.0598. The van der Waals surface area contributed by atoms with Gasteiger partial charge in [-0.25, -0.2) is 9.67 Å². The minimum Gasteiger partial charge on any atom is -0.387 e. The number of anilines is 1. The van der Waals surface area contributed by atoms with E-state index in [0.29, 0.717) is 21.1 Å². The first-order valence-corrected chi connectivity index (χ1v) is 11.1. The van der Waals surface area contributed by atoms with Gasteiger partial charge < -0.3 is 10.4 Å². The maximum Gasteiger partial charge on any atom is 0.434 e. The number of aliphatic hydroxyl groups is 1. The molecule has 0 fully saturated rings. The summed E-state index contributed by atoms with van der Waals surface area (Å²) in [6, 6.07) is 7.43. The molecule has 1 aromatic carbocycles. The Bertz CT molecular complexity index is 1620. The van der Waals surface area contributed by atoms with E-state index in [1.807, 2.05) is 0 Å². The number of carbonyl (C=O) groups excluding carboxylic acids is 1. The summed E-state index contributed by atoms with van der Waals surface area (Å²) in [4.78, 5) is 22.3. The highest BCUT2D eigenvalue weighted by Crippen LogP contribution is 2.36. The van der Waals surface area contributed by atoms with E-state index in [2.05, 4.69) is 30.6 Å². The summed E-state index contributed by atoms with van der Waals surface area (Å²) in [5.74, 6) is -0.886. The number of rotatable bonds is 5. The van der Waals surface area contributed by atoms with Crippen molar-refractivity contribution in [1.82, 2.24) is 34.7 Å². The molecular formula is C23H16ClF3N8O2. The first-order valence-electron chi connectivity index (χ1n) is 10.7. The Kier molecular flexibility index (Phi) is 6.09. The zero-order valence-electron chi connectivity index (χ0n) is 18.8. The number of alkyl halides is 3. The van der Waals surface area contributed by atoms with Gasteiger partial charge in [0, 0.05) is 17.0 Å². The van der Waals surface area contributed by atoms with Crippen LogP contribution in [-0.2, 0) is 6.18 Å². The van der Waals surface area contributed by atoms with Crippen molar-refractivity contribution >= 4 is 34.0 Å². The standard InChI is InChI=1S/C23H16ClF3N8O2/c1-12(36)19-15-3-2-4-18(14(15)5-6-28-19)34-20(23(25,26)27)16(11-32-34)22(37)33-13-9-17(24)21(29-10-13)35-30-7-8-31-35/h2-12,36H,1H3,(H,33,37). The van der Waals surface area contributed by atoms with Crippen LogP contribution in [0, 0.1) is 0 Å². The van der Waals surface area contributed by atoms with Crippen molar-refractivity contribution in [2.45, 2.75) is 19.2 Å². The lowest BCUT2D eigenvalue weighted by molar-refractivity contribution is -0.143. The molecule has 4 aromatic heterocycles. The van der Waals surface area contributed by atoms with Crippen LogP contribution in [0.4, 0.5) is 18.9 Å². The first-order chi connectivity index (χ1) is 17.6. The second-order valence-corrected chi connectivity index (χ2v) is 8.27. The SMILES string of the molecule is CC(O)c1nccc2c(-n3ncc(C(=O)Nc4cnc(-n5nccn5)c(Cl)c4)c3C(F)(F)F)cccc12. The third-order valence-corrected chi connectivity index (χ3v) is 5.69. The number of nitrogens with one attached hydrogen (secondary N) is 1. The molecule has 2 N–H and O–H groups in total. The minimum atomic E-state index is -4.93. The Morgan fingerprint density at radius 2 is 1.81 bits per heavy atom. The van der Waals surface area contributed by atoms with Crippen LogP contribution < -0.4 is 5.32 Å². The van der Waals surface area contributed by atoms with Gasteiger partial charge in [-0.15, -0.1) is 4.80 Å². The number of hydrogen-bond donors (Lipinski definition) is 2. The van der Waals surface area contributed by atoms with Crippen LogP contribution in [-0.4, -0.2) is 45.8 Å². The Balaban J connectivity index is 1.55. The van der Waals surface area contributed by atoms with Crippen molar-refractivity contribution in [3.05, 3.63) is 83.3 Å². The van der Waals surface area contributed by atoms with Gasteiger partial charge in [0.2, 0.25) is 0 Å². The van der Waals surface area contributed by atoms with Crippen molar-refractivity contribution in [3.8, 4) is 11.5 Å². The summed E-state index contributed by atoms with van der Waals surface area (Å²) >= 11 is 6.19. The smallest absolute Gasteiger partial charge is 0.387 e. The predicted octanol–water partition coefficient (Wildman–Crippen LogP) is 4.37. The molecule has 5 aromatic rings. The molecule has 1 amide bonds. The third kappa shape index (κ3) is 4.49. The molecule has 0 aliphatic heterocycles. The highest BCUT2D eigenvalue weighted by molar-refractivity contribution is 6.32. The number of fused-ring (bicyclic) bond motifs is 1. The molecule has 5 rings (SSSR count). The topological polar surface area (TPSA) is 124 Å². The number of halogens is 4. The number of amides is 1. The molecule has 0 aliphatic carbocycles. The van der Waals surface area contributed by atoms with E-state index in [0.717, 1.165) is 11.0 Å². The van der Waals surface area contributed by atoms with Gasteiger partial charge in [0.05, 0.1) is 58.5 Å². The largest absolute Gasteiger partial charge is 0.434 e. The fourth-order valence-electron chi connectivity index (χ4n) is 3.87. The molecule has 0 saturated carbocycles. The third-order valence-electron chi connectivity index (χ3n) is 5.41. The summed E-state index contributed by atoms with van der Waals surface area (Å²) in [5.41, 5.74) is -1.55. The lowest BCUT2D eigenvalue weighted by Gasteiger charge is -2.16. The van der Waals surface area contributed by atoms with Crippen molar-refractivity contribution in [2.24, 2.45) is 0 Å². The van der Waals surface area contributed by atoms with E-state index in [4.69, 9.17) is 11.6 Å². The van der Waals surface area contributed by atoms with Crippen molar-refractivity contribution in [1.29, 1.82) is 0 Å². The van der Waals surface area contributed by atoms with Gasteiger partial charge in [-0.2, -0.15) is 28.5 Å². The summed E-state index contributed by atoms with van der Waals surface area (Å²) in [5, 5.41) is 25.0. The number of carbonyl (C=O) groups is 1.